The molecule has 0 saturated carbocycles. The van der Waals surface area contributed by atoms with Gasteiger partial charge in [0.2, 0.25) is 0 Å². The Hall–Kier alpha value is -3.23. The van der Waals surface area contributed by atoms with Crippen molar-refractivity contribution in [1.29, 1.82) is 0 Å². The zero-order valence-corrected chi connectivity index (χ0v) is 19.1. The number of aromatic nitrogens is 1. The first-order chi connectivity index (χ1) is 17.0. The van der Waals surface area contributed by atoms with Crippen LogP contribution in [0, 0.1) is 13.8 Å². The van der Waals surface area contributed by atoms with E-state index in [9.17, 15) is 0 Å². The highest BCUT2D eigenvalue weighted by atomic mass is 32.1. The summed E-state index contributed by atoms with van der Waals surface area (Å²) < 4.78 is 34.8. The minimum atomic E-state index is -2.32. The van der Waals surface area contributed by atoms with Crippen LogP contribution in [0.25, 0.3) is 53.0 Å². The summed E-state index contributed by atoms with van der Waals surface area (Å²) in [6.07, 6.45) is 1.44. The molecule has 0 bridgehead atoms. The molecule has 0 fully saturated rings. The quantitative estimate of drug-likeness (QED) is 0.247. The number of thiophene rings is 1. The third kappa shape index (κ3) is 2.79. The van der Waals surface area contributed by atoms with Gasteiger partial charge in [-0.1, -0.05) is 74.5 Å². The molecule has 0 radical (unpaired) electrons. The highest BCUT2D eigenvalue weighted by Gasteiger charge is 2.16. The number of benzene rings is 4. The van der Waals surface area contributed by atoms with E-state index in [1.54, 1.807) is 31.3 Å². The van der Waals surface area contributed by atoms with Gasteiger partial charge in [-0.15, -0.1) is 11.3 Å². The van der Waals surface area contributed by atoms with Crippen LogP contribution in [0.15, 0.2) is 72.9 Å². The van der Waals surface area contributed by atoms with Crippen LogP contribution in [0.1, 0.15) is 41.9 Å². The molecule has 2 heterocycles. The maximum Gasteiger partial charge on any atom is 0.0719 e. The van der Waals surface area contributed by atoms with Gasteiger partial charge in [0.25, 0.3) is 0 Å². The summed E-state index contributed by atoms with van der Waals surface area (Å²) in [5.74, 6) is -1.07. The maximum atomic E-state index is 8.61. The lowest BCUT2D eigenvalue weighted by Crippen LogP contribution is -1.95. The van der Waals surface area contributed by atoms with Gasteiger partial charge in [0.05, 0.1) is 5.69 Å². The normalized spacial score (nSPS) is 14.6. The van der Waals surface area contributed by atoms with Crippen LogP contribution in [-0.2, 0) is 0 Å². The Morgan fingerprint density at radius 3 is 2.44 bits per heavy atom. The third-order valence-electron chi connectivity index (χ3n) is 6.41. The van der Waals surface area contributed by atoms with E-state index in [1.165, 1.54) is 43.4 Å². The van der Waals surface area contributed by atoms with Crippen molar-refractivity contribution in [1.82, 2.24) is 4.98 Å². The zero-order valence-electron chi connectivity index (χ0n) is 22.3. The summed E-state index contributed by atoms with van der Waals surface area (Å²) in [5, 5.41) is 7.37. The molecule has 0 spiro atoms. The van der Waals surface area contributed by atoms with Gasteiger partial charge in [0.1, 0.15) is 0 Å². The van der Waals surface area contributed by atoms with E-state index in [-0.39, 0.29) is 5.56 Å². The maximum absolute atomic E-state index is 8.61. The van der Waals surface area contributed by atoms with Gasteiger partial charge in [0, 0.05) is 42.8 Å². The van der Waals surface area contributed by atoms with Gasteiger partial charge in [-0.2, -0.15) is 0 Å². The number of nitrogens with zero attached hydrogens (tertiary/aromatic N) is 1. The predicted octanol–water partition coefficient (Wildman–Crippen LogP) is 9.16. The Bertz CT molecular complexity index is 1820. The minimum absolute atomic E-state index is 0.141. The standard InChI is InChI=1S/C30H25NS/c1-17(2)26-15-27(31-16-19(26)4)25-11-7-10-23-24-13-12-20-14-18(3)21-8-5-6-9-22(21)28(20)30(24)32-29(23)25/h5-17H,1-4H3/i4D3,17D. The van der Waals surface area contributed by atoms with E-state index in [1.807, 2.05) is 12.1 Å². The summed E-state index contributed by atoms with van der Waals surface area (Å²) in [4.78, 5) is 4.60. The van der Waals surface area contributed by atoms with E-state index < -0.39 is 12.7 Å². The number of fused-ring (bicyclic) bond motifs is 7. The van der Waals surface area contributed by atoms with Crippen molar-refractivity contribution in [3.05, 3.63) is 89.6 Å². The second kappa shape index (κ2) is 7.15. The number of aryl methyl sites for hydroxylation is 2. The van der Waals surface area contributed by atoms with Crippen LogP contribution >= 0.6 is 11.3 Å². The average molecular weight is 436 g/mol. The molecule has 0 aliphatic heterocycles. The molecule has 0 amide bonds. The van der Waals surface area contributed by atoms with Crippen molar-refractivity contribution in [3.63, 3.8) is 0 Å². The van der Waals surface area contributed by atoms with Crippen LogP contribution in [0.4, 0.5) is 0 Å². The highest BCUT2D eigenvalue weighted by Crippen LogP contribution is 2.44. The smallest absolute Gasteiger partial charge is 0.0719 e. The molecular weight excluding hydrogens is 406 g/mol. The fraction of sp³-hybridized carbons (Fsp3) is 0.167. The first-order valence-corrected chi connectivity index (χ1v) is 11.6. The molecule has 0 aliphatic carbocycles. The van der Waals surface area contributed by atoms with Crippen LogP contribution in [0.2, 0.25) is 0 Å². The molecule has 6 aromatic rings. The third-order valence-corrected chi connectivity index (χ3v) is 7.68. The SMILES string of the molecule is [2H]C([2H])([2H])c1cnc(-c2cccc3c2sc2c3ccc3cc(C)c4ccccc4c32)cc1C([2H])(C)C. The van der Waals surface area contributed by atoms with Gasteiger partial charge >= 0.3 is 0 Å². The number of hydrogen-bond acceptors (Lipinski definition) is 2. The Labute approximate surface area is 198 Å². The predicted molar refractivity (Wildman–Crippen MR) is 141 cm³/mol. The number of hydrogen-bond donors (Lipinski definition) is 0. The number of rotatable bonds is 2. The lowest BCUT2D eigenvalue weighted by molar-refractivity contribution is 0.852. The lowest BCUT2D eigenvalue weighted by Gasteiger charge is -2.11. The molecule has 156 valence electrons. The van der Waals surface area contributed by atoms with E-state index in [0.717, 1.165) is 15.6 Å². The van der Waals surface area contributed by atoms with E-state index >= 15 is 0 Å². The summed E-state index contributed by atoms with van der Waals surface area (Å²) >= 11 is 1.76. The first-order valence-electron chi connectivity index (χ1n) is 12.8. The molecule has 2 heteroatoms. The summed E-state index contributed by atoms with van der Waals surface area (Å²) in [6, 6.07) is 23.3. The Balaban J connectivity index is 1.68. The van der Waals surface area contributed by atoms with Crippen LogP contribution in [0.3, 0.4) is 0 Å². The first kappa shape index (κ1) is 15.6. The highest BCUT2D eigenvalue weighted by molar-refractivity contribution is 7.27. The van der Waals surface area contributed by atoms with Crippen molar-refractivity contribution in [2.45, 2.75) is 33.5 Å². The average Bonchev–Trinajstić information content (AvgIpc) is 3.21. The molecule has 0 unspecified atom stereocenters. The van der Waals surface area contributed by atoms with Crippen molar-refractivity contribution >= 4 is 53.1 Å². The van der Waals surface area contributed by atoms with Crippen molar-refractivity contribution in [2.24, 2.45) is 0 Å². The molecule has 2 aromatic heterocycles. The largest absolute Gasteiger partial charge is 0.256 e. The van der Waals surface area contributed by atoms with Crippen molar-refractivity contribution < 1.29 is 5.48 Å². The van der Waals surface area contributed by atoms with Crippen molar-refractivity contribution in [2.75, 3.05) is 0 Å². The monoisotopic (exact) mass is 435 g/mol. The molecule has 0 N–H and O–H groups in total. The van der Waals surface area contributed by atoms with Crippen LogP contribution in [0.5, 0.6) is 0 Å². The van der Waals surface area contributed by atoms with Gasteiger partial charge in [0.15, 0.2) is 0 Å². The minimum Gasteiger partial charge on any atom is -0.256 e. The molecule has 4 aromatic carbocycles. The molecular formula is C30H25NS. The fourth-order valence-electron chi connectivity index (χ4n) is 4.85. The van der Waals surface area contributed by atoms with Crippen LogP contribution < -0.4 is 0 Å². The molecule has 0 aliphatic rings. The zero-order chi connectivity index (χ0) is 25.4. The van der Waals surface area contributed by atoms with Crippen LogP contribution in [-0.4, -0.2) is 4.98 Å². The Kier molecular flexibility index (Phi) is 3.47. The molecule has 0 atom stereocenters. The summed E-state index contributed by atoms with van der Waals surface area (Å²) in [5.41, 5.74) is 3.55. The molecule has 0 saturated heterocycles. The van der Waals surface area contributed by atoms with E-state index in [2.05, 4.69) is 60.4 Å². The Morgan fingerprint density at radius 2 is 1.62 bits per heavy atom. The van der Waals surface area contributed by atoms with E-state index in [4.69, 9.17) is 5.48 Å². The van der Waals surface area contributed by atoms with Crippen molar-refractivity contribution in [3.8, 4) is 11.3 Å². The van der Waals surface area contributed by atoms with Gasteiger partial charge in [-0.05, 0) is 58.6 Å². The Morgan fingerprint density at radius 1 is 0.844 bits per heavy atom. The molecule has 6 rings (SSSR count). The number of pyridine rings is 1. The lowest BCUT2D eigenvalue weighted by atomic mass is 9.95. The second-order valence-electron chi connectivity index (χ2n) is 8.68. The fourth-order valence-corrected chi connectivity index (χ4v) is 6.24. The van der Waals surface area contributed by atoms with Gasteiger partial charge in [-0.3, -0.25) is 4.98 Å². The topological polar surface area (TPSA) is 12.9 Å². The summed E-state index contributed by atoms with van der Waals surface area (Å²) in [6.45, 7) is 3.29. The van der Waals surface area contributed by atoms with Gasteiger partial charge < -0.3 is 0 Å². The second-order valence-corrected chi connectivity index (χ2v) is 9.70. The summed E-state index contributed by atoms with van der Waals surface area (Å²) in [7, 11) is 0. The van der Waals surface area contributed by atoms with Gasteiger partial charge in [-0.25, -0.2) is 0 Å². The van der Waals surface area contributed by atoms with E-state index in [0.29, 0.717) is 11.3 Å². The molecule has 1 nitrogen and oxygen atoms in total. The molecule has 32 heavy (non-hydrogen) atoms.